The van der Waals surface area contributed by atoms with Gasteiger partial charge in [0, 0.05) is 0 Å². The third-order valence-electron chi connectivity index (χ3n) is 3.61. The fourth-order valence-corrected chi connectivity index (χ4v) is 2.29. The minimum absolute atomic E-state index is 0.223. The number of aryl methyl sites for hydroxylation is 1. The number of nitrogens with zero attached hydrogens (tertiary/aromatic N) is 3. The molecule has 3 rings (SSSR count). The number of benzene rings is 2. The van der Waals surface area contributed by atoms with Gasteiger partial charge in [0.15, 0.2) is 12.0 Å². The second kappa shape index (κ2) is 6.87. The highest BCUT2D eigenvalue weighted by Gasteiger charge is 2.14. The van der Waals surface area contributed by atoms with E-state index in [0.717, 1.165) is 17.9 Å². The maximum absolute atomic E-state index is 11.2. The van der Waals surface area contributed by atoms with Crippen molar-refractivity contribution >= 4 is 6.29 Å². The monoisotopic (exact) mass is 307 g/mol. The standard InChI is InChI=1S/C18H17N3O2/c1-2-14-8-10-15(11-9-14)21-18(17(12-22)19-20-21)13-23-16-6-4-3-5-7-16/h3-12H,2,13H2,1H3. The Kier molecular flexibility index (Phi) is 4.47. The summed E-state index contributed by atoms with van der Waals surface area (Å²) in [6, 6.07) is 17.5. The molecule has 0 amide bonds. The van der Waals surface area contributed by atoms with Gasteiger partial charge in [0.1, 0.15) is 18.1 Å². The van der Waals surface area contributed by atoms with Crippen LogP contribution in [-0.2, 0) is 13.0 Å². The number of hydrogen-bond acceptors (Lipinski definition) is 4. The molecule has 5 nitrogen and oxygen atoms in total. The second-order valence-corrected chi connectivity index (χ2v) is 5.07. The zero-order valence-corrected chi connectivity index (χ0v) is 12.8. The van der Waals surface area contributed by atoms with Gasteiger partial charge in [0.2, 0.25) is 0 Å². The van der Waals surface area contributed by atoms with Crippen molar-refractivity contribution in [2.75, 3.05) is 0 Å². The average molecular weight is 307 g/mol. The van der Waals surface area contributed by atoms with Gasteiger partial charge in [-0.3, -0.25) is 4.79 Å². The summed E-state index contributed by atoms with van der Waals surface area (Å²) in [7, 11) is 0. The van der Waals surface area contributed by atoms with Crippen LogP contribution in [0.25, 0.3) is 5.69 Å². The van der Waals surface area contributed by atoms with Crippen LogP contribution in [0.5, 0.6) is 5.75 Å². The van der Waals surface area contributed by atoms with E-state index in [1.165, 1.54) is 5.56 Å². The smallest absolute Gasteiger partial charge is 0.172 e. The number of rotatable bonds is 6. The van der Waals surface area contributed by atoms with Crippen LogP contribution in [0.3, 0.4) is 0 Å². The van der Waals surface area contributed by atoms with Gasteiger partial charge in [-0.15, -0.1) is 5.10 Å². The van der Waals surface area contributed by atoms with Gasteiger partial charge in [0.25, 0.3) is 0 Å². The summed E-state index contributed by atoms with van der Waals surface area (Å²) in [5.74, 6) is 0.735. The maximum atomic E-state index is 11.2. The molecular weight excluding hydrogens is 290 g/mol. The second-order valence-electron chi connectivity index (χ2n) is 5.07. The predicted octanol–water partition coefficient (Wildman–Crippen LogP) is 3.22. The largest absolute Gasteiger partial charge is 0.487 e. The number of para-hydroxylation sites is 1. The van der Waals surface area contributed by atoms with E-state index in [4.69, 9.17) is 4.74 Å². The first kappa shape index (κ1) is 15.0. The Morgan fingerprint density at radius 1 is 1.09 bits per heavy atom. The first-order valence-corrected chi connectivity index (χ1v) is 7.48. The van der Waals surface area contributed by atoms with E-state index in [1.807, 2.05) is 54.6 Å². The summed E-state index contributed by atoms with van der Waals surface area (Å²) >= 11 is 0. The number of carbonyl (C=O) groups is 1. The summed E-state index contributed by atoms with van der Waals surface area (Å²) in [6.07, 6.45) is 1.68. The van der Waals surface area contributed by atoms with Crippen molar-refractivity contribution in [3.63, 3.8) is 0 Å². The first-order valence-electron chi connectivity index (χ1n) is 7.48. The van der Waals surface area contributed by atoms with Gasteiger partial charge < -0.3 is 4.74 Å². The van der Waals surface area contributed by atoms with Crippen molar-refractivity contribution < 1.29 is 9.53 Å². The number of hydrogen-bond donors (Lipinski definition) is 0. The molecule has 116 valence electrons. The highest BCUT2D eigenvalue weighted by atomic mass is 16.5. The summed E-state index contributed by atoms with van der Waals surface area (Å²) in [6.45, 7) is 2.33. The Labute approximate surface area is 134 Å². The van der Waals surface area contributed by atoms with Crippen molar-refractivity contribution in [3.05, 3.63) is 71.5 Å². The van der Waals surface area contributed by atoms with Crippen LogP contribution in [0.2, 0.25) is 0 Å². The molecule has 0 fully saturated rings. The molecule has 0 radical (unpaired) electrons. The zero-order chi connectivity index (χ0) is 16.1. The van der Waals surface area contributed by atoms with E-state index >= 15 is 0 Å². The Bertz CT molecular complexity index is 780. The first-order chi connectivity index (χ1) is 11.3. The molecular formula is C18H17N3O2. The van der Waals surface area contributed by atoms with E-state index in [0.29, 0.717) is 17.7 Å². The summed E-state index contributed by atoms with van der Waals surface area (Å²) < 4.78 is 7.39. The van der Waals surface area contributed by atoms with Gasteiger partial charge in [-0.2, -0.15) is 0 Å². The Morgan fingerprint density at radius 3 is 2.48 bits per heavy atom. The number of aldehydes is 1. The fourth-order valence-electron chi connectivity index (χ4n) is 2.29. The zero-order valence-electron chi connectivity index (χ0n) is 12.8. The Hall–Kier alpha value is -2.95. The lowest BCUT2D eigenvalue weighted by molar-refractivity contribution is 0.111. The summed E-state index contributed by atoms with van der Waals surface area (Å²) in [5.41, 5.74) is 3.02. The molecule has 2 aromatic carbocycles. The highest BCUT2D eigenvalue weighted by molar-refractivity contribution is 5.73. The SMILES string of the molecule is CCc1ccc(-n2nnc(C=O)c2COc2ccccc2)cc1. The Balaban J connectivity index is 1.88. The van der Waals surface area contributed by atoms with Crippen molar-refractivity contribution in [1.82, 2.24) is 15.0 Å². The molecule has 1 heterocycles. The van der Waals surface area contributed by atoms with E-state index < -0.39 is 0 Å². The molecule has 0 saturated heterocycles. The molecule has 23 heavy (non-hydrogen) atoms. The topological polar surface area (TPSA) is 57.0 Å². The molecule has 0 bridgehead atoms. The van der Waals surface area contributed by atoms with Gasteiger partial charge in [-0.05, 0) is 36.2 Å². The van der Waals surface area contributed by atoms with Crippen molar-refractivity contribution in [2.45, 2.75) is 20.0 Å². The average Bonchev–Trinajstić information content (AvgIpc) is 3.04. The van der Waals surface area contributed by atoms with Crippen LogP contribution in [0.15, 0.2) is 54.6 Å². The third-order valence-corrected chi connectivity index (χ3v) is 3.61. The molecule has 1 aromatic heterocycles. The lowest BCUT2D eigenvalue weighted by Gasteiger charge is -2.09. The summed E-state index contributed by atoms with van der Waals surface area (Å²) in [4.78, 5) is 11.2. The molecule has 0 aliphatic rings. The highest BCUT2D eigenvalue weighted by Crippen LogP contribution is 2.17. The van der Waals surface area contributed by atoms with Gasteiger partial charge >= 0.3 is 0 Å². The Morgan fingerprint density at radius 2 is 1.83 bits per heavy atom. The lowest BCUT2D eigenvalue weighted by Crippen LogP contribution is -2.07. The normalized spacial score (nSPS) is 10.5. The van der Waals surface area contributed by atoms with E-state index in [9.17, 15) is 4.79 Å². The van der Waals surface area contributed by atoms with E-state index in [2.05, 4.69) is 17.2 Å². The lowest BCUT2D eigenvalue weighted by atomic mass is 10.1. The van der Waals surface area contributed by atoms with Crippen LogP contribution in [0.4, 0.5) is 0 Å². The summed E-state index contributed by atoms with van der Waals surface area (Å²) in [5, 5.41) is 8.01. The van der Waals surface area contributed by atoms with E-state index in [-0.39, 0.29) is 6.61 Å². The number of carbonyl (C=O) groups excluding carboxylic acids is 1. The fraction of sp³-hybridized carbons (Fsp3) is 0.167. The minimum atomic E-state index is 0.223. The molecule has 0 unspecified atom stereocenters. The maximum Gasteiger partial charge on any atom is 0.172 e. The van der Waals surface area contributed by atoms with Crippen LogP contribution >= 0.6 is 0 Å². The van der Waals surface area contributed by atoms with Crippen molar-refractivity contribution in [3.8, 4) is 11.4 Å². The molecule has 0 atom stereocenters. The molecule has 0 N–H and O–H groups in total. The third kappa shape index (κ3) is 3.29. The van der Waals surface area contributed by atoms with Gasteiger partial charge in [-0.1, -0.05) is 42.5 Å². The molecule has 3 aromatic rings. The van der Waals surface area contributed by atoms with Crippen molar-refractivity contribution in [2.24, 2.45) is 0 Å². The van der Waals surface area contributed by atoms with E-state index in [1.54, 1.807) is 4.68 Å². The molecule has 0 saturated carbocycles. The van der Waals surface area contributed by atoms with Crippen LogP contribution in [0, 0.1) is 0 Å². The van der Waals surface area contributed by atoms with Crippen LogP contribution in [0.1, 0.15) is 28.7 Å². The van der Waals surface area contributed by atoms with Crippen molar-refractivity contribution in [1.29, 1.82) is 0 Å². The molecule has 0 aliphatic heterocycles. The van der Waals surface area contributed by atoms with Gasteiger partial charge in [-0.25, -0.2) is 4.68 Å². The van der Waals surface area contributed by atoms with Crippen LogP contribution in [-0.4, -0.2) is 21.3 Å². The number of ether oxygens (including phenoxy) is 1. The quantitative estimate of drug-likeness (QED) is 0.656. The predicted molar refractivity (Wildman–Crippen MR) is 86.9 cm³/mol. The van der Waals surface area contributed by atoms with Gasteiger partial charge in [0.05, 0.1) is 5.69 Å². The molecule has 0 aliphatic carbocycles. The number of aromatic nitrogens is 3. The van der Waals surface area contributed by atoms with Crippen LogP contribution < -0.4 is 4.74 Å². The molecule has 0 spiro atoms. The molecule has 5 heteroatoms. The minimum Gasteiger partial charge on any atom is -0.487 e.